The summed E-state index contributed by atoms with van der Waals surface area (Å²) in [5, 5.41) is 27.3. The summed E-state index contributed by atoms with van der Waals surface area (Å²) in [4.78, 5) is 22.9. The average Bonchev–Trinajstić information content (AvgIpc) is 3.85. The molecule has 0 aromatic heterocycles. The van der Waals surface area contributed by atoms with Gasteiger partial charge >= 0.3 is 6.09 Å². The Kier molecular flexibility index (Phi) is 15.3. The first-order valence-corrected chi connectivity index (χ1v) is 24.3. The van der Waals surface area contributed by atoms with E-state index in [-0.39, 0.29) is 70.5 Å². The lowest BCUT2D eigenvalue weighted by molar-refractivity contribution is -0.256. The van der Waals surface area contributed by atoms with Crippen LogP contribution in [0.2, 0.25) is 0 Å². The molecule has 2 N–H and O–H groups in total. The highest BCUT2D eigenvalue weighted by molar-refractivity contribution is 6.03. The van der Waals surface area contributed by atoms with Gasteiger partial charge < -0.3 is 43.5 Å². The van der Waals surface area contributed by atoms with Gasteiger partial charge in [0, 0.05) is 37.7 Å². The lowest BCUT2D eigenvalue weighted by Gasteiger charge is -2.59. The van der Waals surface area contributed by atoms with E-state index in [1.165, 1.54) is 0 Å². The number of aliphatic hydroxyl groups is 2. The highest BCUT2D eigenvalue weighted by Gasteiger charge is 2.65. The molecule has 0 saturated heterocycles. The standard InChI is InChI=1S/C57H62N2O10/c1-3-5-30-63-56(62)59(36-40-21-25-51-52(31-40)65-38-64-51)53-35-49(58-67-37-39-15-7-6-8-16-39)47-33-43(19-11-13-27-60)46(20-12-14-28-61)54-48-34-45(68-44-23-22-41-17-9-10-18-42(41)32-44)24-26-50(48)69-57(53,55(47)54)66-29-4-2/h3-4,6-10,15-18,21-26,31-34,43,46,53-55,60-61H,1-2,5,11-14,19-20,27-30,35-38H2/t43-,46+,53-,54+,55+,57+/m0/s1. The van der Waals surface area contributed by atoms with Crippen molar-refractivity contribution in [2.75, 3.05) is 33.2 Å². The largest absolute Gasteiger partial charge is 0.459 e. The fraction of sp³-hybridized carbons (Fsp3) is 0.368. The van der Waals surface area contributed by atoms with Gasteiger partial charge in [-0.05, 0) is 114 Å². The molecule has 1 fully saturated rings. The van der Waals surface area contributed by atoms with Crippen molar-refractivity contribution in [3.8, 4) is 28.7 Å². The first-order chi connectivity index (χ1) is 33.9. The van der Waals surface area contributed by atoms with E-state index in [1.807, 2.05) is 84.9 Å². The maximum atomic E-state index is 14.9. The van der Waals surface area contributed by atoms with E-state index < -0.39 is 23.8 Å². The van der Waals surface area contributed by atoms with E-state index in [4.69, 9.17) is 38.4 Å². The smallest absolute Gasteiger partial charge is 0.410 e. The molecular weight excluding hydrogens is 873 g/mol. The lowest BCUT2D eigenvalue weighted by atomic mass is 9.55. The van der Waals surface area contributed by atoms with Gasteiger partial charge in [-0.3, -0.25) is 4.90 Å². The number of ether oxygens (including phenoxy) is 6. The van der Waals surface area contributed by atoms with E-state index in [0.717, 1.165) is 58.7 Å². The third-order valence-corrected chi connectivity index (χ3v) is 13.8. The predicted octanol–water partition coefficient (Wildman–Crippen LogP) is 11.4. The summed E-state index contributed by atoms with van der Waals surface area (Å²) in [5.74, 6) is 0.946. The van der Waals surface area contributed by atoms with Gasteiger partial charge in [-0.15, -0.1) is 13.2 Å². The molecule has 0 unspecified atom stereocenters. The number of nitrogens with zero attached hydrogens (tertiary/aromatic N) is 2. The summed E-state index contributed by atoms with van der Waals surface area (Å²) >= 11 is 0. The van der Waals surface area contributed by atoms with Crippen molar-refractivity contribution in [3.63, 3.8) is 0 Å². The number of benzene rings is 5. The zero-order valence-corrected chi connectivity index (χ0v) is 39.1. The first kappa shape index (κ1) is 47.5. The molecule has 12 heteroatoms. The monoisotopic (exact) mass is 934 g/mol. The van der Waals surface area contributed by atoms with Gasteiger partial charge in [0.1, 0.15) is 29.9 Å². The van der Waals surface area contributed by atoms with Gasteiger partial charge in [-0.2, -0.15) is 0 Å². The number of carbonyl (C=O) groups is 1. The summed E-state index contributed by atoms with van der Waals surface area (Å²) in [6.07, 6.45) is 10.4. The predicted molar refractivity (Wildman–Crippen MR) is 264 cm³/mol. The Morgan fingerprint density at radius 2 is 1.55 bits per heavy atom. The summed E-state index contributed by atoms with van der Waals surface area (Å²) in [7, 11) is 0. The van der Waals surface area contributed by atoms with E-state index in [1.54, 1.807) is 17.1 Å². The topological polar surface area (TPSA) is 138 Å². The second-order valence-electron chi connectivity index (χ2n) is 18.1. The zero-order chi connectivity index (χ0) is 47.6. The highest BCUT2D eigenvalue weighted by atomic mass is 16.7. The number of amides is 1. The second-order valence-corrected chi connectivity index (χ2v) is 18.1. The van der Waals surface area contributed by atoms with Crippen LogP contribution in [-0.2, 0) is 27.5 Å². The first-order valence-electron chi connectivity index (χ1n) is 24.3. The van der Waals surface area contributed by atoms with Gasteiger partial charge in [-0.25, -0.2) is 4.79 Å². The molecule has 360 valence electrons. The Morgan fingerprint density at radius 3 is 2.36 bits per heavy atom. The van der Waals surface area contributed by atoms with Crippen molar-refractivity contribution in [2.45, 2.75) is 82.3 Å². The van der Waals surface area contributed by atoms with Crippen molar-refractivity contribution >= 4 is 22.6 Å². The molecule has 2 heterocycles. The summed E-state index contributed by atoms with van der Waals surface area (Å²) < 4.78 is 38.9. The Balaban J connectivity index is 1.23. The Hall–Kier alpha value is -6.60. The number of unbranched alkanes of at least 4 members (excludes halogenated alkanes) is 2. The number of carbonyl (C=O) groups excluding carboxylic acids is 1. The molecule has 0 radical (unpaired) electrons. The van der Waals surface area contributed by atoms with Crippen molar-refractivity contribution in [1.29, 1.82) is 0 Å². The minimum Gasteiger partial charge on any atom is -0.459 e. The molecule has 1 amide bonds. The van der Waals surface area contributed by atoms with Crippen LogP contribution < -0.4 is 18.9 Å². The molecule has 6 atom stereocenters. The molecule has 4 aliphatic rings. The molecule has 9 rings (SSSR count). The third-order valence-electron chi connectivity index (χ3n) is 13.8. The van der Waals surface area contributed by atoms with Crippen LogP contribution in [0.25, 0.3) is 10.8 Å². The number of oxime groups is 1. The molecule has 5 aromatic carbocycles. The minimum absolute atomic E-state index is 0.0151. The minimum atomic E-state index is -1.50. The number of hydrogen-bond donors (Lipinski definition) is 2. The van der Waals surface area contributed by atoms with Crippen LogP contribution in [0.5, 0.6) is 28.7 Å². The zero-order valence-electron chi connectivity index (χ0n) is 39.1. The van der Waals surface area contributed by atoms with Gasteiger partial charge in [0.25, 0.3) is 0 Å². The molecule has 0 spiro atoms. The van der Waals surface area contributed by atoms with Crippen LogP contribution in [0.1, 0.15) is 74.0 Å². The summed E-state index contributed by atoms with van der Waals surface area (Å²) in [6, 6.07) is 35.0. The number of fused-ring (bicyclic) bond motifs is 4. The quantitative estimate of drug-likeness (QED) is 0.0392. The lowest BCUT2D eigenvalue weighted by Crippen LogP contribution is -2.70. The summed E-state index contributed by atoms with van der Waals surface area (Å²) in [5.41, 5.74) is 4.30. The van der Waals surface area contributed by atoms with Crippen molar-refractivity contribution in [2.24, 2.45) is 22.9 Å². The van der Waals surface area contributed by atoms with E-state index in [2.05, 4.69) is 43.5 Å². The van der Waals surface area contributed by atoms with Gasteiger partial charge in [0.05, 0.1) is 24.8 Å². The molecule has 2 aliphatic carbocycles. The van der Waals surface area contributed by atoms with Crippen molar-refractivity contribution in [1.82, 2.24) is 4.90 Å². The van der Waals surface area contributed by atoms with Crippen LogP contribution in [0.3, 0.4) is 0 Å². The van der Waals surface area contributed by atoms with Crippen LogP contribution >= 0.6 is 0 Å². The van der Waals surface area contributed by atoms with Gasteiger partial charge in [0.2, 0.25) is 12.6 Å². The highest BCUT2D eigenvalue weighted by Crippen LogP contribution is 2.62. The van der Waals surface area contributed by atoms with E-state index in [9.17, 15) is 15.0 Å². The second kappa shape index (κ2) is 22.2. The van der Waals surface area contributed by atoms with Crippen LogP contribution in [0.4, 0.5) is 4.79 Å². The van der Waals surface area contributed by atoms with E-state index in [0.29, 0.717) is 53.7 Å². The fourth-order valence-electron chi connectivity index (χ4n) is 10.7. The van der Waals surface area contributed by atoms with Crippen LogP contribution in [-0.4, -0.2) is 72.0 Å². The van der Waals surface area contributed by atoms with Crippen LogP contribution in [0, 0.1) is 17.8 Å². The fourth-order valence-corrected chi connectivity index (χ4v) is 10.7. The number of rotatable bonds is 22. The maximum absolute atomic E-state index is 14.9. The van der Waals surface area contributed by atoms with Gasteiger partial charge in [0.15, 0.2) is 11.5 Å². The SMILES string of the molecule is C=CCCOC(=O)N(Cc1ccc2c(c1)OCO2)[C@H]1CC(=NOCc2ccccc2)C2=C[C@H](CCCCO)[C@@H](CCCCO)[C@@H]3c4cc(Oc5ccc6ccccc6c5)ccc4O[C@@]1(OCC=C)[C@H]23. The van der Waals surface area contributed by atoms with Crippen molar-refractivity contribution in [3.05, 3.63) is 163 Å². The molecule has 12 nitrogen and oxygen atoms in total. The Morgan fingerprint density at radius 1 is 0.797 bits per heavy atom. The Labute approximate surface area is 404 Å². The molecule has 2 aliphatic heterocycles. The molecular formula is C57H62N2O10. The van der Waals surface area contributed by atoms with E-state index >= 15 is 0 Å². The van der Waals surface area contributed by atoms with Crippen molar-refractivity contribution < 1.29 is 48.3 Å². The number of aliphatic hydroxyl groups excluding tert-OH is 2. The molecule has 1 saturated carbocycles. The molecule has 69 heavy (non-hydrogen) atoms. The van der Waals surface area contributed by atoms with Gasteiger partial charge in [-0.1, -0.05) is 103 Å². The maximum Gasteiger partial charge on any atom is 0.410 e. The number of allylic oxidation sites excluding steroid dienone is 1. The number of hydrogen-bond acceptors (Lipinski definition) is 11. The third kappa shape index (κ3) is 10.4. The van der Waals surface area contributed by atoms with Crippen LogP contribution in [0.15, 0.2) is 151 Å². The summed E-state index contributed by atoms with van der Waals surface area (Å²) in [6.45, 7) is 8.81. The normalized spacial score (nSPS) is 22.4. The molecule has 0 bridgehead atoms. The average molecular weight is 935 g/mol. The Bertz CT molecular complexity index is 2650. The molecule has 5 aromatic rings.